The highest BCUT2D eigenvalue weighted by Gasteiger charge is 2.43. The lowest BCUT2D eigenvalue weighted by Crippen LogP contribution is -2.37. The van der Waals surface area contributed by atoms with Gasteiger partial charge in [-0.1, -0.05) is 13.8 Å². The summed E-state index contributed by atoms with van der Waals surface area (Å²) in [7, 11) is 0. The molecule has 0 amide bonds. The number of aliphatic hydroxyl groups excluding tert-OH is 1. The molecule has 11 heavy (non-hydrogen) atoms. The van der Waals surface area contributed by atoms with Crippen LogP contribution in [0.2, 0.25) is 0 Å². The summed E-state index contributed by atoms with van der Waals surface area (Å²) in [6.07, 6.45) is -6.86. The number of Topliss-reactive ketones (excluding diaryl/α,β-unsaturated/α-hetero) is 1. The van der Waals surface area contributed by atoms with Crippen LogP contribution in [0.3, 0.4) is 0 Å². The molecule has 0 saturated carbocycles. The molecule has 1 N–H and O–H groups in total. The van der Waals surface area contributed by atoms with Crippen molar-refractivity contribution < 1.29 is 23.1 Å². The monoisotopic (exact) mass is 170 g/mol. The molecule has 66 valence electrons. The zero-order valence-electron chi connectivity index (χ0n) is 6.14. The van der Waals surface area contributed by atoms with E-state index in [-0.39, 0.29) is 0 Å². The number of carbonyl (C=O) groups is 1. The molecular formula is C6H9F3O2. The minimum Gasteiger partial charge on any atom is -0.385 e. The van der Waals surface area contributed by atoms with Gasteiger partial charge in [0.15, 0.2) is 0 Å². The molecular weight excluding hydrogens is 161 g/mol. The van der Waals surface area contributed by atoms with Gasteiger partial charge in [-0.15, -0.1) is 0 Å². The van der Waals surface area contributed by atoms with Crippen LogP contribution >= 0.6 is 0 Å². The van der Waals surface area contributed by atoms with Crippen molar-refractivity contribution in [3.8, 4) is 0 Å². The highest BCUT2D eigenvalue weighted by Crippen LogP contribution is 2.20. The Morgan fingerprint density at radius 1 is 1.36 bits per heavy atom. The first kappa shape index (κ1) is 10.4. The van der Waals surface area contributed by atoms with Crippen molar-refractivity contribution in [1.29, 1.82) is 0 Å². The first-order valence-corrected chi connectivity index (χ1v) is 3.06. The average Bonchev–Trinajstić information content (AvgIpc) is 1.82. The zero-order valence-corrected chi connectivity index (χ0v) is 6.14. The molecule has 1 unspecified atom stereocenters. The van der Waals surface area contributed by atoms with E-state index in [4.69, 9.17) is 5.11 Å². The molecule has 0 aliphatic carbocycles. The average molecular weight is 170 g/mol. The van der Waals surface area contributed by atoms with Gasteiger partial charge in [0.2, 0.25) is 0 Å². The molecule has 0 aromatic carbocycles. The van der Waals surface area contributed by atoms with E-state index < -0.39 is 24.0 Å². The third kappa shape index (κ3) is 2.88. The predicted molar refractivity (Wildman–Crippen MR) is 31.9 cm³/mol. The highest BCUT2D eigenvalue weighted by atomic mass is 19.4. The maximum Gasteiger partial charge on any atom is 0.452 e. The lowest BCUT2D eigenvalue weighted by molar-refractivity contribution is -0.181. The van der Waals surface area contributed by atoms with Gasteiger partial charge in [0.1, 0.15) is 6.10 Å². The number of hydrogen-bond acceptors (Lipinski definition) is 2. The molecule has 1 atom stereocenters. The molecule has 2 nitrogen and oxygen atoms in total. The van der Waals surface area contributed by atoms with Crippen molar-refractivity contribution in [3.63, 3.8) is 0 Å². The predicted octanol–water partition coefficient (Wildman–Crippen LogP) is 1.13. The minimum absolute atomic E-state index is 0.705. The van der Waals surface area contributed by atoms with Crippen LogP contribution in [0, 0.1) is 5.92 Å². The second-order valence-electron chi connectivity index (χ2n) is 2.55. The molecule has 5 heteroatoms. The normalized spacial score (nSPS) is 15.2. The van der Waals surface area contributed by atoms with Crippen LogP contribution in [0.15, 0.2) is 0 Å². The van der Waals surface area contributed by atoms with Crippen LogP contribution in [0.1, 0.15) is 13.8 Å². The quantitative estimate of drug-likeness (QED) is 0.674. The summed E-state index contributed by atoms with van der Waals surface area (Å²) in [6.45, 7) is 2.68. The first-order valence-electron chi connectivity index (χ1n) is 3.06. The van der Waals surface area contributed by atoms with E-state index in [2.05, 4.69) is 0 Å². The van der Waals surface area contributed by atoms with Crippen molar-refractivity contribution in [1.82, 2.24) is 0 Å². The van der Waals surface area contributed by atoms with Crippen LogP contribution in [-0.4, -0.2) is 23.2 Å². The summed E-state index contributed by atoms with van der Waals surface area (Å²) in [5, 5.41) is 8.66. The van der Waals surface area contributed by atoms with E-state index in [0.717, 1.165) is 0 Å². The Bertz CT molecular complexity index is 150. The first-order chi connectivity index (χ1) is 4.76. The van der Waals surface area contributed by atoms with Crippen LogP contribution < -0.4 is 0 Å². The Morgan fingerprint density at radius 3 is 1.82 bits per heavy atom. The summed E-state index contributed by atoms with van der Waals surface area (Å²) in [4.78, 5) is 10.2. The second kappa shape index (κ2) is 3.21. The van der Waals surface area contributed by atoms with Gasteiger partial charge in [0.25, 0.3) is 5.78 Å². The molecule has 0 aromatic rings. The Labute approximate surface area is 62.0 Å². The third-order valence-electron chi connectivity index (χ3n) is 1.18. The van der Waals surface area contributed by atoms with Gasteiger partial charge in [0.05, 0.1) is 0 Å². The van der Waals surface area contributed by atoms with Gasteiger partial charge in [-0.2, -0.15) is 13.2 Å². The van der Waals surface area contributed by atoms with Crippen LogP contribution in [0.5, 0.6) is 0 Å². The lowest BCUT2D eigenvalue weighted by Gasteiger charge is -2.14. The number of rotatable bonds is 2. The van der Waals surface area contributed by atoms with Crippen molar-refractivity contribution in [2.75, 3.05) is 0 Å². The number of halogens is 3. The number of carbonyl (C=O) groups excluding carboxylic acids is 1. The summed E-state index contributed by atoms with van der Waals surface area (Å²) in [5.41, 5.74) is 0. The Kier molecular flexibility index (Phi) is 3.04. The topological polar surface area (TPSA) is 37.3 Å². The van der Waals surface area contributed by atoms with E-state index in [1.54, 1.807) is 0 Å². The van der Waals surface area contributed by atoms with E-state index >= 15 is 0 Å². The Balaban J connectivity index is 4.26. The van der Waals surface area contributed by atoms with Gasteiger partial charge in [-0.3, -0.25) is 4.79 Å². The maximum absolute atomic E-state index is 11.6. The summed E-state index contributed by atoms with van der Waals surface area (Å²) in [6, 6.07) is 0. The number of hydrogen-bond donors (Lipinski definition) is 1. The van der Waals surface area contributed by atoms with Crippen molar-refractivity contribution >= 4 is 5.78 Å². The van der Waals surface area contributed by atoms with Gasteiger partial charge in [-0.05, 0) is 5.92 Å². The van der Waals surface area contributed by atoms with E-state index in [9.17, 15) is 18.0 Å². The summed E-state index contributed by atoms with van der Waals surface area (Å²) in [5.74, 6) is -2.78. The summed E-state index contributed by atoms with van der Waals surface area (Å²) < 4.78 is 34.7. The molecule has 0 rings (SSSR count). The molecule has 0 aromatic heterocycles. The molecule has 0 heterocycles. The Morgan fingerprint density at radius 2 is 1.73 bits per heavy atom. The fourth-order valence-electron chi connectivity index (χ4n) is 0.470. The van der Waals surface area contributed by atoms with Gasteiger partial charge >= 0.3 is 6.18 Å². The fraction of sp³-hybridized carbons (Fsp3) is 0.833. The van der Waals surface area contributed by atoms with Crippen LogP contribution in [-0.2, 0) is 4.79 Å². The molecule has 0 saturated heterocycles. The van der Waals surface area contributed by atoms with E-state index in [1.807, 2.05) is 0 Å². The van der Waals surface area contributed by atoms with Crippen LogP contribution in [0.4, 0.5) is 13.2 Å². The second-order valence-corrected chi connectivity index (χ2v) is 2.55. The van der Waals surface area contributed by atoms with Crippen molar-refractivity contribution in [2.24, 2.45) is 5.92 Å². The van der Waals surface area contributed by atoms with Gasteiger partial charge in [-0.25, -0.2) is 0 Å². The highest BCUT2D eigenvalue weighted by molar-refractivity contribution is 5.88. The molecule has 0 spiro atoms. The SMILES string of the molecule is CC(C)C(O)C(=O)C(F)(F)F. The van der Waals surface area contributed by atoms with E-state index in [0.29, 0.717) is 0 Å². The minimum atomic E-state index is -4.93. The Hall–Kier alpha value is -0.580. The standard InChI is InChI=1S/C6H9F3O2/c1-3(2)4(10)5(11)6(7,8)9/h3-4,10H,1-2H3. The van der Waals surface area contributed by atoms with Crippen LogP contribution in [0.25, 0.3) is 0 Å². The number of alkyl halides is 3. The van der Waals surface area contributed by atoms with E-state index in [1.165, 1.54) is 13.8 Å². The smallest absolute Gasteiger partial charge is 0.385 e. The van der Waals surface area contributed by atoms with Gasteiger partial charge < -0.3 is 5.11 Å². The largest absolute Gasteiger partial charge is 0.452 e. The van der Waals surface area contributed by atoms with Crippen molar-refractivity contribution in [3.05, 3.63) is 0 Å². The lowest BCUT2D eigenvalue weighted by atomic mass is 10.0. The number of aliphatic hydroxyl groups is 1. The molecule has 0 radical (unpaired) electrons. The number of ketones is 1. The molecule has 0 bridgehead atoms. The molecule has 0 aliphatic heterocycles. The van der Waals surface area contributed by atoms with Gasteiger partial charge in [0, 0.05) is 0 Å². The molecule has 0 aliphatic rings. The summed E-state index contributed by atoms with van der Waals surface area (Å²) >= 11 is 0. The fourth-order valence-corrected chi connectivity index (χ4v) is 0.470. The third-order valence-corrected chi connectivity index (χ3v) is 1.18. The maximum atomic E-state index is 11.6. The zero-order chi connectivity index (χ0) is 9.23. The molecule has 0 fully saturated rings. The van der Waals surface area contributed by atoms with Crippen molar-refractivity contribution in [2.45, 2.75) is 26.1 Å².